The molecule has 0 unspecified atom stereocenters. The lowest BCUT2D eigenvalue weighted by Crippen LogP contribution is -2.41. The van der Waals surface area contributed by atoms with Crippen molar-refractivity contribution in [3.63, 3.8) is 0 Å². The maximum atomic E-state index is 12.5. The van der Waals surface area contributed by atoms with Crippen molar-refractivity contribution < 1.29 is 21.8 Å². The van der Waals surface area contributed by atoms with Gasteiger partial charge in [-0.3, -0.25) is 9.69 Å². The van der Waals surface area contributed by atoms with Crippen molar-refractivity contribution in [1.82, 2.24) is 14.8 Å². The Labute approximate surface area is 175 Å². The summed E-state index contributed by atoms with van der Waals surface area (Å²) in [6.45, 7) is 0.875. The number of nitrogens with zero attached hydrogens (tertiary/aromatic N) is 4. The zero-order chi connectivity index (χ0) is 21.6. The van der Waals surface area contributed by atoms with Gasteiger partial charge in [0, 0.05) is 31.6 Å². The molecule has 0 spiro atoms. The van der Waals surface area contributed by atoms with Crippen LogP contribution in [0.3, 0.4) is 0 Å². The monoisotopic (exact) mass is 416 g/mol. The van der Waals surface area contributed by atoms with Crippen molar-refractivity contribution in [2.45, 2.75) is 25.7 Å². The topological polar surface area (TPSA) is 75.2 Å². The fourth-order valence-electron chi connectivity index (χ4n) is 3.81. The first kappa shape index (κ1) is 16.3. The molecule has 0 radical (unpaired) electrons. The lowest BCUT2D eigenvalue weighted by molar-refractivity contribution is -0.143. The SMILES string of the molecule is [2H]C([2H])(c1csc(N2C[C@H](CN3Cc4ccccc4C3)OC2=O)n1)N1CCOCC1=O. The molecule has 1 aromatic heterocycles. The Bertz CT molecular complexity index is 992. The van der Waals surface area contributed by atoms with E-state index in [1.807, 2.05) is 12.1 Å². The molecule has 29 heavy (non-hydrogen) atoms. The second-order valence-corrected chi connectivity index (χ2v) is 8.12. The Morgan fingerprint density at radius 3 is 2.79 bits per heavy atom. The lowest BCUT2D eigenvalue weighted by atomic mass is 10.1. The molecule has 5 rings (SSSR count). The molecule has 1 aromatic carbocycles. The van der Waals surface area contributed by atoms with Gasteiger partial charge in [-0.25, -0.2) is 14.7 Å². The number of thiazole rings is 1. The first-order valence-electron chi connectivity index (χ1n) is 10.5. The summed E-state index contributed by atoms with van der Waals surface area (Å²) in [5.41, 5.74) is 2.70. The minimum atomic E-state index is -2.07. The van der Waals surface area contributed by atoms with E-state index in [1.54, 1.807) is 5.38 Å². The van der Waals surface area contributed by atoms with Gasteiger partial charge in [-0.05, 0) is 11.1 Å². The highest BCUT2D eigenvalue weighted by Crippen LogP contribution is 2.28. The summed E-state index contributed by atoms with van der Waals surface area (Å²) >= 11 is 1.17. The van der Waals surface area contributed by atoms with Gasteiger partial charge >= 0.3 is 6.09 Å². The summed E-state index contributed by atoms with van der Waals surface area (Å²) in [5.74, 6) is -0.418. The van der Waals surface area contributed by atoms with Crippen molar-refractivity contribution in [3.05, 3.63) is 46.5 Å². The van der Waals surface area contributed by atoms with Crippen molar-refractivity contribution >= 4 is 28.5 Å². The van der Waals surface area contributed by atoms with Crippen LogP contribution in [-0.2, 0) is 33.9 Å². The van der Waals surface area contributed by atoms with E-state index in [-0.39, 0.29) is 31.6 Å². The first-order chi connectivity index (χ1) is 14.9. The molecule has 0 bridgehead atoms. The van der Waals surface area contributed by atoms with Crippen molar-refractivity contribution in [2.75, 3.05) is 37.7 Å². The minimum Gasteiger partial charge on any atom is -0.443 e. The average Bonchev–Trinajstić information content (AvgIpc) is 3.46. The second-order valence-electron chi connectivity index (χ2n) is 7.28. The number of ether oxygens (including phenoxy) is 2. The standard InChI is InChI=1S/C20H22N4O4S/c25-18-12-27-6-5-23(18)9-16-13-29-19(21-16)24-11-17(28-20(24)26)10-22-7-14-3-1-2-4-15(14)8-22/h1-4,13,17H,5-12H2/t17-/m0/s1/i9D2. The summed E-state index contributed by atoms with van der Waals surface area (Å²) < 4.78 is 27.4. The van der Waals surface area contributed by atoms with Crippen LogP contribution in [0.1, 0.15) is 19.6 Å². The molecule has 4 heterocycles. The van der Waals surface area contributed by atoms with Gasteiger partial charge in [0.2, 0.25) is 5.91 Å². The molecule has 1 atom stereocenters. The molecule has 8 nitrogen and oxygen atoms in total. The van der Waals surface area contributed by atoms with Crippen LogP contribution in [0.4, 0.5) is 9.93 Å². The molecule has 2 amide bonds. The molecule has 3 aliphatic heterocycles. The van der Waals surface area contributed by atoms with E-state index in [2.05, 4.69) is 22.0 Å². The molecule has 0 N–H and O–H groups in total. The van der Waals surface area contributed by atoms with Gasteiger partial charge in [0.25, 0.3) is 0 Å². The maximum Gasteiger partial charge on any atom is 0.416 e. The van der Waals surface area contributed by atoms with Crippen LogP contribution in [0.25, 0.3) is 0 Å². The molecule has 152 valence electrons. The minimum absolute atomic E-state index is 0.106. The number of cyclic esters (lactones) is 1. The van der Waals surface area contributed by atoms with E-state index in [0.717, 1.165) is 18.0 Å². The number of carbonyl (C=O) groups excluding carboxylic acids is 2. The van der Waals surface area contributed by atoms with Crippen LogP contribution < -0.4 is 4.90 Å². The Hall–Kier alpha value is -2.49. The van der Waals surface area contributed by atoms with Gasteiger partial charge in [0.05, 0.1) is 28.1 Å². The average molecular weight is 416 g/mol. The van der Waals surface area contributed by atoms with Crippen molar-refractivity contribution in [2.24, 2.45) is 0 Å². The number of benzene rings is 1. The summed E-state index contributed by atoms with van der Waals surface area (Å²) in [5, 5.41) is 1.92. The third-order valence-electron chi connectivity index (χ3n) is 5.20. The molecule has 9 heteroatoms. The third-order valence-corrected chi connectivity index (χ3v) is 6.06. The van der Waals surface area contributed by atoms with Crippen LogP contribution in [-0.4, -0.2) is 65.7 Å². The number of carbonyl (C=O) groups is 2. The normalized spacial score (nSPS) is 23.8. The Morgan fingerprint density at radius 2 is 2.03 bits per heavy atom. The van der Waals surface area contributed by atoms with Gasteiger partial charge in [0.15, 0.2) is 5.13 Å². The number of amides is 2. The number of fused-ring (bicyclic) bond motifs is 1. The Morgan fingerprint density at radius 1 is 1.24 bits per heavy atom. The van der Waals surface area contributed by atoms with Crippen LogP contribution in [0.5, 0.6) is 0 Å². The molecule has 2 fully saturated rings. The van der Waals surface area contributed by atoms with Crippen LogP contribution in [0, 0.1) is 0 Å². The molecule has 2 aromatic rings. The highest BCUT2D eigenvalue weighted by atomic mass is 32.1. The Balaban J connectivity index is 1.25. The van der Waals surface area contributed by atoms with E-state index in [0.29, 0.717) is 18.2 Å². The number of hydrogen-bond donors (Lipinski definition) is 0. The highest BCUT2D eigenvalue weighted by molar-refractivity contribution is 7.14. The number of anilines is 1. The second kappa shape index (κ2) is 7.74. The van der Waals surface area contributed by atoms with Crippen LogP contribution >= 0.6 is 11.3 Å². The van der Waals surface area contributed by atoms with E-state index in [4.69, 9.17) is 12.2 Å². The predicted octanol–water partition coefficient (Wildman–Crippen LogP) is 1.84. The van der Waals surface area contributed by atoms with Crippen LogP contribution in [0.15, 0.2) is 29.6 Å². The van der Waals surface area contributed by atoms with Gasteiger partial charge < -0.3 is 14.4 Å². The van der Waals surface area contributed by atoms with Gasteiger partial charge in [-0.15, -0.1) is 11.3 Å². The fraction of sp³-hybridized carbons (Fsp3) is 0.450. The van der Waals surface area contributed by atoms with Gasteiger partial charge in [-0.1, -0.05) is 24.3 Å². The summed E-state index contributed by atoms with van der Waals surface area (Å²) in [6.07, 6.45) is -0.766. The largest absolute Gasteiger partial charge is 0.443 e. The van der Waals surface area contributed by atoms with E-state index < -0.39 is 18.5 Å². The predicted molar refractivity (Wildman–Crippen MR) is 107 cm³/mol. The Kier molecular flexibility index (Phi) is 4.35. The van der Waals surface area contributed by atoms with Crippen molar-refractivity contribution in [1.29, 1.82) is 0 Å². The summed E-state index contributed by atoms with van der Waals surface area (Å²) in [4.78, 5) is 33.7. The first-order valence-corrected chi connectivity index (χ1v) is 10.4. The maximum absolute atomic E-state index is 12.5. The quantitative estimate of drug-likeness (QED) is 0.741. The molecule has 3 aliphatic rings. The van der Waals surface area contributed by atoms with Crippen LogP contribution in [0.2, 0.25) is 0 Å². The zero-order valence-corrected chi connectivity index (χ0v) is 16.6. The number of morpholine rings is 1. The van der Waals surface area contributed by atoms with Gasteiger partial charge in [0.1, 0.15) is 12.7 Å². The van der Waals surface area contributed by atoms with Gasteiger partial charge in [-0.2, -0.15) is 0 Å². The summed E-state index contributed by atoms with van der Waals surface area (Å²) in [7, 11) is 0. The molecular weight excluding hydrogens is 392 g/mol. The van der Waals surface area contributed by atoms with E-state index >= 15 is 0 Å². The van der Waals surface area contributed by atoms with E-state index in [9.17, 15) is 9.59 Å². The van der Waals surface area contributed by atoms with Crippen molar-refractivity contribution in [3.8, 4) is 0 Å². The molecular formula is C20H22N4O4S. The fourth-order valence-corrected chi connectivity index (χ4v) is 4.56. The summed E-state index contributed by atoms with van der Waals surface area (Å²) in [6, 6.07) is 8.30. The molecule has 2 saturated heterocycles. The molecule has 0 saturated carbocycles. The smallest absolute Gasteiger partial charge is 0.416 e. The highest BCUT2D eigenvalue weighted by Gasteiger charge is 2.36. The molecule has 0 aliphatic carbocycles. The lowest BCUT2D eigenvalue weighted by Gasteiger charge is -2.25. The number of aromatic nitrogens is 1. The van der Waals surface area contributed by atoms with E-state index in [1.165, 1.54) is 27.4 Å². The number of hydrogen-bond acceptors (Lipinski definition) is 7. The third kappa shape index (κ3) is 3.85. The number of rotatable bonds is 5. The zero-order valence-electron chi connectivity index (χ0n) is 17.7.